The van der Waals surface area contributed by atoms with E-state index in [0.29, 0.717) is 5.88 Å². The number of thiazole rings is 1. The average molecular weight is 213 g/mol. The molecule has 0 bridgehead atoms. The molecule has 2 aromatic rings. The quantitative estimate of drug-likeness (QED) is 0.700. The summed E-state index contributed by atoms with van der Waals surface area (Å²) in [6, 6.07) is 0. The van der Waals surface area contributed by atoms with E-state index in [4.69, 9.17) is 11.6 Å². The molecule has 0 saturated carbocycles. The Morgan fingerprint density at radius 2 is 2.54 bits per heavy atom. The van der Waals surface area contributed by atoms with Gasteiger partial charge in [0.1, 0.15) is 0 Å². The van der Waals surface area contributed by atoms with Gasteiger partial charge in [-0.2, -0.15) is 0 Å². The molecule has 0 aliphatic carbocycles. The second-order valence-electron chi connectivity index (χ2n) is 2.84. The maximum atomic E-state index is 5.75. The van der Waals surface area contributed by atoms with E-state index in [0.717, 1.165) is 21.9 Å². The lowest BCUT2D eigenvalue weighted by Gasteiger charge is -2.00. The van der Waals surface area contributed by atoms with E-state index in [2.05, 4.69) is 11.6 Å². The van der Waals surface area contributed by atoms with Crippen LogP contribution >= 0.6 is 22.9 Å². The van der Waals surface area contributed by atoms with Crippen LogP contribution in [0.1, 0.15) is 11.4 Å². The lowest BCUT2D eigenvalue weighted by Crippen LogP contribution is -1.91. The zero-order chi connectivity index (χ0) is 9.42. The molecule has 2 nitrogen and oxygen atoms in total. The third kappa shape index (κ3) is 1.28. The van der Waals surface area contributed by atoms with Gasteiger partial charge in [0, 0.05) is 17.5 Å². The van der Waals surface area contributed by atoms with Crippen LogP contribution in [-0.2, 0) is 0 Å². The van der Waals surface area contributed by atoms with Gasteiger partial charge in [0.2, 0.25) is 0 Å². The minimum atomic E-state index is 0.449. The summed E-state index contributed by atoms with van der Waals surface area (Å²) in [6.45, 7) is 5.90. The molecular weight excluding hydrogens is 204 g/mol. The van der Waals surface area contributed by atoms with E-state index in [1.165, 1.54) is 0 Å². The zero-order valence-electron chi connectivity index (χ0n) is 7.25. The van der Waals surface area contributed by atoms with Crippen LogP contribution in [0, 0.1) is 6.92 Å². The molecule has 2 heterocycles. The van der Waals surface area contributed by atoms with Crippen molar-refractivity contribution in [1.82, 2.24) is 9.38 Å². The highest BCUT2D eigenvalue weighted by Crippen LogP contribution is 2.22. The smallest absolute Gasteiger partial charge is 0.194 e. The fourth-order valence-electron chi connectivity index (χ4n) is 1.38. The molecule has 0 aliphatic heterocycles. The molecule has 4 heteroatoms. The number of aryl methyl sites for hydroxylation is 1. The van der Waals surface area contributed by atoms with Crippen molar-refractivity contribution in [3.8, 4) is 0 Å². The highest BCUT2D eigenvalue weighted by molar-refractivity contribution is 7.15. The standard InChI is InChI=1S/C9H9ClN2S/c1-6(5-10)8-7(2)11-9-12(8)3-4-13-9/h3-4H,1,5H2,2H3. The molecular formula is C9H9ClN2S. The van der Waals surface area contributed by atoms with Crippen molar-refractivity contribution in [3.05, 3.63) is 29.5 Å². The summed E-state index contributed by atoms with van der Waals surface area (Å²) in [5, 5.41) is 2.01. The SMILES string of the molecule is C=C(CCl)c1c(C)nc2sccn12. The molecule has 0 unspecified atom stereocenters. The first-order valence-electron chi connectivity index (χ1n) is 3.90. The Hall–Kier alpha value is -0.800. The number of hydrogen-bond donors (Lipinski definition) is 0. The third-order valence-corrected chi connectivity index (χ3v) is 3.01. The Labute approximate surface area is 85.5 Å². The topological polar surface area (TPSA) is 17.3 Å². The van der Waals surface area contributed by atoms with Crippen molar-refractivity contribution in [2.45, 2.75) is 6.92 Å². The van der Waals surface area contributed by atoms with Gasteiger partial charge in [-0.15, -0.1) is 22.9 Å². The van der Waals surface area contributed by atoms with Gasteiger partial charge in [-0.1, -0.05) is 6.58 Å². The summed E-state index contributed by atoms with van der Waals surface area (Å²) < 4.78 is 2.03. The highest BCUT2D eigenvalue weighted by Gasteiger charge is 2.11. The predicted octanol–water partition coefficient (Wildman–Crippen LogP) is 2.96. The lowest BCUT2D eigenvalue weighted by atomic mass is 10.2. The van der Waals surface area contributed by atoms with Gasteiger partial charge in [0.25, 0.3) is 0 Å². The second kappa shape index (κ2) is 3.16. The van der Waals surface area contributed by atoms with Gasteiger partial charge in [0.05, 0.1) is 11.4 Å². The Morgan fingerprint density at radius 3 is 3.23 bits per heavy atom. The number of alkyl halides is 1. The van der Waals surface area contributed by atoms with Crippen LogP contribution in [-0.4, -0.2) is 15.3 Å². The summed E-state index contributed by atoms with van der Waals surface area (Å²) in [6.07, 6.45) is 1.99. The normalized spacial score (nSPS) is 10.9. The Bertz CT molecular complexity index is 455. The molecule has 2 rings (SSSR count). The summed E-state index contributed by atoms with van der Waals surface area (Å²) in [4.78, 5) is 5.40. The van der Waals surface area contributed by atoms with E-state index >= 15 is 0 Å². The van der Waals surface area contributed by atoms with Crippen molar-refractivity contribution < 1.29 is 0 Å². The molecule has 13 heavy (non-hydrogen) atoms. The number of halogens is 1. The maximum absolute atomic E-state index is 5.75. The number of nitrogens with zero attached hydrogens (tertiary/aromatic N) is 2. The Kier molecular flexibility index (Phi) is 2.14. The molecule has 0 spiro atoms. The van der Waals surface area contributed by atoms with Crippen LogP contribution in [0.3, 0.4) is 0 Å². The van der Waals surface area contributed by atoms with E-state index in [-0.39, 0.29) is 0 Å². The first kappa shape index (κ1) is 8.78. The fourth-order valence-corrected chi connectivity index (χ4v) is 2.27. The van der Waals surface area contributed by atoms with Gasteiger partial charge in [-0.3, -0.25) is 4.40 Å². The van der Waals surface area contributed by atoms with Gasteiger partial charge in [-0.05, 0) is 12.5 Å². The predicted molar refractivity (Wildman–Crippen MR) is 57.6 cm³/mol. The maximum Gasteiger partial charge on any atom is 0.194 e. The second-order valence-corrected chi connectivity index (χ2v) is 3.98. The largest absolute Gasteiger partial charge is 0.290 e. The van der Waals surface area contributed by atoms with Gasteiger partial charge in [0.15, 0.2) is 4.96 Å². The molecule has 2 aromatic heterocycles. The lowest BCUT2D eigenvalue weighted by molar-refractivity contribution is 1.17. The highest BCUT2D eigenvalue weighted by atomic mass is 35.5. The fraction of sp³-hybridized carbons (Fsp3) is 0.222. The van der Waals surface area contributed by atoms with Crippen LogP contribution < -0.4 is 0 Å². The molecule has 0 fully saturated rings. The summed E-state index contributed by atoms with van der Waals surface area (Å²) in [7, 11) is 0. The molecule has 0 atom stereocenters. The minimum Gasteiger partial charge on any atom is -0.290 e. The number of imidazole rings is 1. The molecule has 68 valence electrons. The zero-order valence-corrected chi connectivity index (χ0v) is 8.82. The van der Waals surface area contributed by atoms with Crippen molar-refractivity contribution in [3.63, 3.8) is 0 Å². The average Bonchev–Trinajstić information content (AvgIpc) is 2.62. The third-order valence-electron chi connectivity index (χ3n) is 1.93. The first-order chi connectivity index (χ1) is 6.24. The van der Waals surface area contributed by atoms with E-state index in [9.17, 15) is 0 Å². The molecule has 0 N–H and O–H groups in total. The van der Waals surface area contributed by atoms with Crippen LogP contribution in [0.4, 0.5) is 0 Å². The summed E-state index contributed by atoms with van der Waals surface area (Å²) in [5.41, 5.74) is 2.97. The number of fused-ring (bicyclic) bond motifs is 1. The Balaban J connectivity index is 2.70. The molecule has 0 amide bonds. The molecule has 0 aromatic carbocycles. The van der Waals surface area contributed by atoms with Crippen LogP contribution in [0.15, 0.2) is 18.2 Å². The summed E-state index contributed by atoms with van der Waals surface area (Å²) in [5.74, 6) is 0.449. The van der Waals surface area contributed by atoms with Crippen LogP contribution in [0.2, 0.25) is 0 Å². The number of rotatable bonds is 2. The van der Waals surface area contributed by atoms with Gasteiger partial charge < -0.3 is 0 Å². The van der Waals surface area contributed by atoms with Gasteiger partial charge in [-0.25, -0.2) is 4.98 Å². The van der Waals surface area contributed by atoms with E-state index in [1.54, 1.807) is 11.3 Å². The number of allylic oxidation sites excluding steroid dienone is 1. The minimum absolute atomic E-state index is 0.449. The van der Waals surface area contributed by atoms with Crippen LogP contribution in [0.5, 0.6) is 0 Å². The number of hydrogen-bond acceptors (Lipinski definition) is 2. The van der Waals surface area contributed by atoms with Crippen molar-refractivity contribution in [2.24, 2.45) is 0 Å². The number of aromatic nitrogens is 2. The van der Waals surface area contributed by atoms with Gasteiger partial charge >= 0.3 is 0 Å². The molecule has 0 aliphatic rings. The monoisotopic (exact) mass is 212 g/mol. The van der Waals surface area contributed by atoms with Crippen LogP contribution in [0.25, 0.3) is 10.5 Å². The Morgan fingerprint density at radius 1 is 1.77 bits per heavy atom. The van der Waals surface area contributed by atoms with E-state index in [1.807, 2.05) is 22.9 Å². The first-order valence-corrected chi connectivity index (χ1v) is 5.31. The molecule has 0 saturated heterocycles. The molecule has 0 radical (unpaired) electrons. The van der Waals surface area contributed by atoms with Crippen molar-refractivity contribution >= 4 is 33.5 Å². The van der Waals surface area contributed by atoms with E-state index < -0.39 is 0 Å². The van der Waals surface area contributed by atoms with Crippen molar-refractivity contribution in [2.75, 3.05) is 5.88 Å². The summed E-state index contributed by atoms with van der Waals surface area (Å²) >= 11 is 7.36. The van der Waals surface area contributed by atoms with Crippen molar-refractivity contribution in [1.29, 1.82) is 0 Å².